The topological polar surface area (TPSA) is 81.1 Å². The number of hydrogen-bond donors (Lipinski definition) is 2. The molecule has 32 heavy (non-hydrogen) atoms. The highest BCUT2D eigenvalue weighted by Crippen LogP contribution is 2.43. The Kier molecular flexibility index (Phi) is 8.31. The minimum atomic E-state index is -1.26. The standard InChI is InChI=1S/C19H20ClFN2S.C4H4O4/c1-22-6-8-23(9-7-22)17-11-13-10-14(20)2-4-18(13)24-19-5-3-15(21)12-16(17)19;5-3(6)1-2-4(7)8/h2-5,10,12,17H,6-9,11H2,1H3;1-2H,(H,5,6)(H,7,8)/b;2-1+. The molecule has 1 atom stereocenters. The lowest BCUT2D eigenvalue weighted by atomic mass is 9.96. The van der Waals surface area contributed by atoms with Crippen LogP contribution < -0.4 is 0 Å². The second-order valence-electron chi connectivity index (χ2n) is 7.61. The molecule has 2 aliphatic heterocycles. The molecule has 9 heteroatoms. The van der Waals surface area contributed by atoms with E-state index in [0.717, 1.165) is 48.1 Å². The number of benzene rings is 2. The van der Waals surface area contributed by atoms with Crippen molar-refractivity contribution in [3.05, 3.63) is 70.5 Å². The molecule has 170 valence electrons. The van der Waals surface area contributed by atoms with E-state index >= 15 is 0 Å². The minimum Gasteiger partial charge on any atom is -0.478 e. The average molecular weight is 479 g/mol. The fourth-order valence-electron chi connectivity index (χ4n) is 3.72. The predicted molar refractivity (Wildman–Crippen MR) is 122 cm³/mol. The molecule has 1 saturated heterocycles. The van der Waals surface area contributed by atoms with Gasteiger partial charge >= 0.3 is 11.9 Å². The normalized spacial score (nSPS) is 18.8. The zero-order chi connectivity index (χ0) is 23.3. The third-order valence-corrected chi connectivity index (χ3v) is 6.78. The van der Waals surface area contributed by atoms with Gasteiger partial charge in [-0.1, -0.05) is 23.4 Å². The van der Waals surface area contributed by atoms with Crippen molar-refractivity contribution in [1.82, 2.24) is 9.80 Å². The summed E-state index contributed by atoms with van der Waals surface area (Å²) in [6, 6.07) is 11.5. The Morgan fingerprint density at radius 1 is 1.03 bits per heavy atom. The first kappa shape index (κ1) is 24.3. The molecule has 0 aliphatic carbocycles. The number of carboxylic acid groups (broad SMARTS) is 2. The number of rotatable bonds is 3. The van der Waals surface area contributed by atoms with Crippen LogP contribution in [-0.4, -0.2) is 65.2 Å². The number of piperazine rings is 1. The molecule has 0 saturated carbocycles. The van der Waals surface area contributed by atoms with E-state index in [1.165, 1.54) is 10.5 Å². The van der Waals surface area contributed by atoms with Gasteiger partial charge in [0.15, 0.2) is 0 Å². The lowest BCUT2D eigenvalue weighted by Gasteiger charge is -2.38. The van der Waals surface area contributed by atoms with E-state index < -0.39 is 11.9 Å². The molecule has 1 fully saturated rings. The van der Waals surface area contributed by atoms with Gasteiger partial charge in [-0.15, -0.1) is 0 Å². The highest BCUT2D eigenvalue weighted by atomic mass is 35.5. The maximum atomic E-state index is 14.0. The molecule has 2 aromatic rings. The van der Waals surface area contributed by atoms with Crippen molar-refractivity contribution in [1.29, 1.82) is 0 Å². The van der Waals surface area contributed by atoms with Crippen LogP contribution in [0.5, 0.6) is 0 Å². The SMILES string of the molecule is CN1CCN(C2Cc3cc(Cl)ccc3Sc3ccc(F)cc32)CC1.O=C(O)/C=C/C(=O)O. The average Bonchev–Trinajstić information content (AvgIpc) is 2.90. The largest absolute Gasteiger partial charge is 0.478 e. The number of hydrogen-bond acceptors (Lipinski definition) is 5. The molecule has 1 unspecified atom stereocenters. The summed E-state index contributed by atoms with van der Waals surface area (Å²) in [4.78, 5) is 26.3. The lowest BCUT2D eigenvalue weighted by Crippen LogP contribution is -2.46. The summed E-state index contributed by atoms with van der Waals surface area (Å²) >= 11 is 7.96. The van der Waals surface area contributed by atoms with Crippen LogP contribution in [0, 0.1) is 5.82 Å². The minimum absolute atomic E-state index is 0.155. The Bertz CT molecular complexity index is 1010. The molecule has 0 amide bonds. The van der Waals surface area contributed by atoms with Crippen LogP contribution in [0.3, 0.4) is 0 Å². The summed E-state index contributed by atoms with van der Waals surface area (Å²) in [5.41, 5.74) is 2.37. The molecule has 2 N–H and O–H groups in total. The Morgan fingerprint density at radius 3 is 2.28 bits per heavy atom. The van der Waals surface area contributed by atoms with Crippen molar-refractivity contribution in [2.75, 3.05) is 33.2 Å². The maximum absolute atomic E-state index is 14.0. The summed E-state index contributed by atoms with van der Waals surface area (Å²) in [5.74, 6) is -2.67. The lowest BCUT2D eigenvalue weighted by molar-refractivity contribution is -0.134. The van der Waals surface area contributed by atoms with Crippen molar-refractivity contribution >= 4 is 35.3 Å². The Hall–Kier alpha value is -2.39. The Morgan fingerprint density at radius 2 is 1.66 bits per heavy atom. The predicted octanol–water partition coefficient (Wildman–Crippen LogP) is 4.19. The van der Waals surface area contributed by atoms with E-state index in [4.69, 9.17) is 21.8 Å². The number of aliphatic carboxylic acids is 2. The van der Waals surface area contributed by atoms with Gasteiger partial charge in [0.2, 0.25) is 0 Å². The van der Waals surface area contributed by atoms with E-state index in [-0.39, 0.29) is 11.9 Å². The van der Waals surface area contributed by atoms with Crippen LogP contribution in [0.1, 0.15) is 17.2 Å². The molecular weight excluding hydrogens is 455 g/mol. The highest BCUT2D eigenvalue weighted by molar-refractivity contribution is 7.99. The van der Waals surface area contributed by atoms with E-state index in [1.54, 1.807) is 23.9 Å². The monoisotopic (exact) mass is 478 g/mol. The van der Waals surface area contributed by atoms with Crippen molar-refractivity contribution in [3.63, 3.8) is 0 Å². The van der Waals surface area contributed by atoms with Crippen LogP contribution in [0.25, 0.3) is 0 Å². The molecule has 0 aromatic heterocycles. The fourth-order valence-corrected chi connectivity index (χ4v) is 5.01. The first-order valence-electron chi connectivity index (χ1n) is 10.0. The van der Waals surface area contributed by atoms with Crippen LogP contribution in [0.4, 0.5) is 4.39 Å². The number of fused-ring (bicyclic) bond motifs is 2. The van der Waals surface area contributed by atoms with Crippen molar-refractivity contribution in [2.45, 2.75) is 22.3 Å². The number of carboxylic acids is 2. The summed E-state index contributed by atoms with van der Waals surface area (Å²) in [5, 5.41) is 16.4. The van der Waals surface area contributed by atoms with Gasteiger partial charge in [0.25, 0.3) is 0 Å². The highest BCUT2D eigenvalue weighted by Gasteiger charge is 2.29. The van der Waals surface area contributed by atoms with Crippen LogP contribution in [-0.2, 0) is 16.0 Å². The fraction of sp³-hybridized carbons (Fsp3) is 0.304. The number of likely N-dealkylation sites (N-methyl/N-ethyl adjacent to an activating group) is 1. The summed E-state index contributed by atoms with van der Waals surface area (Å²) in [6.45, 7) is 4.13. The number of carbonyl (C=O) groups is 2. The number of nitrogens with zero attached hydrogens (tertiary/aromatic N) is 2. The Labute approximate surface area is 195 Å². The molecule has 2 heterocycles. The van der Waals surface area contributed by atoms with Gasteiger partial charge in [-0.2, -0.15) is 0 Å². The van der Waals surface area contributed by atoms with Gasteiger partial charge in [0, 0.05) is 59.2 Å². The molecule has 0 bridgehead atoms. The zero-order valence-electron chi connectivity index (χ0n) is 17.5. The van der Waals surface area contributed by atoms with Crippen molar-refractivity contribution in [3.8, 4) is 0 Å². The van der Waals surface area contributed by atoms with Gasteiger partial charge in [0.1, 0.15) is 5.82 Å². The number of halogens is 2. The van der Waals surface area contributed by atoms with Crippen LogP contribution >= 0.6 is 23.4 Å². The first-order valence-corrected chi connectivity index (χ1v) is 11.2. The summed E-state index contributed by atoms with van der Waals surface area (Å²) in [6.07, 6.45) is 1.99. The van der Waals surface area contributed by atoms with Crippen LogP contribution in [0.2, 0.25) is 5.02 Å². The second-order valence-corrected chi connectivity index (χ2v) is 9.13. The quantitative estimate of drug-likeness (QED) is 0.640. The second kappa shape index (κ2) is 11.0. The first-order chi connectivity index (χ1) is 15.2. The molecule has 0 spiro atoms. The summed E-state index contributed by atoms with van der Waals surface area (Å²) in [7, 11) is 2.16. The maximum Gasteiger partial charge on any atom is 0.328 e. The molecule has 2 aromatic carbocycles. The molecule has 4 rings (SSSR count). The zero-order valence-corrected chi connectivity index (χ0v) is 19.1. The molecule has 2 aliphatic rings. The molecule has 0 radical (unpaired) electrons. The third kappa shape index (κ3) is 6.56. The van der Waals surface area contributed by atoms with Gasteiger partial charge in [-0.3, -0.25) is 4.90 Å². The summed E-state index contributed by atoms with van der Waals surface area (Å²) < 4.78 is 14.0. The van der Waals surface area contributed by atoms with Gasteiger partial charge < -0.3 is 15.1 Å². The Balaban J connectivity index is 0.000000312. The van der Waals surface area contributed by atoms with E-state index in [1.807, 2.05) is 12.1 Å². The van der Waals surface area contributed by atoms with E-state index in [9.17, 15) is 14.0 Å². The molecular formula is C23H24ClFN2O4S. The van der Waals surface area contributed by atoms with E-state index in [0.29, 0.717) is 12.2 Å². The van der Waals surface area contributed by atoms with Crippen molar-refractivity contribution in [2.24, 2.45) is 0 Å². The van der Waals surface area contributed by atoms with Gasteiger partial charge in [0.05, 0.1) is 0 Å². The van der Waals surface area contributed by atoms with Crippen LogP contribution in [0.15, 0.2) is 58.3 Å². The van der Waals surface area contributed by atoms with Crippen molar-refractivity contribution < 1.29 is 24.2 Å². The van der Waals surface area contributed by atoms with Gasteiger partial charge in [-0.25, -0.2) is 14.0 Å². The van der Waals surface area contributed by atoms with Gasteiger partial charge in [-0.05, 0) is 61.0 Å². The molecule has 6 nitrogen and oxygen atoms in total. The third-order valence-electron chi connectivity index (χ3n) is 5.33. The van der Waals surface area contributed by atoms with E-state index in [2.05, 4.69) is 29.0 Å². The smallest absolute Gasteiger partial charge is 0.328 e.